The average Bonchev–Trinajstić information content (AvgIpc) is 2.64. The highest BCUT2D eigenvalue weighted by Crippen LogP contribution is 2.21. The van der Waals surface area contributed by atoms with Gasteiger partial charge in [-0.2, -0.15) is 0 Å². The molecule has 0 aliphatic heterocycles. The summed E-state index contributed by atoms with van der Waals surface area (Å²) in [6, 6.07) is 4.45. The number of nitrogens with two attached hydrogens (primary N) is 1. The van der Waals surface area contributed by atoms with E-state index in [0.29, 0.717) is 11.4 Å². The summed E-state index contributed by atoms with van der Waals surface area (Å²) in [6.45, 7) is 3.64. The molecular weight excluding hydrogens is 287 g/mol. The topological polar surface area (TPSA) is 56.7 Å². The minimum absolute atomic E-state index is 0.223. The maximum atomic E-state index is 13.7. The predicted octanol–water partition coefficient (Wildman–Crippen LogP) is 2.50. The summed E-state index contributed by atoms with van der Waals surface area (Å²) in [5, 5.41) is 7.90. The van der Waals surface area contributed by atoms with Crippen molar-refractivity contribution >= 4 is 15.9 Å². The second-order valence-corrected chi connectivity index (χ2v) is 4.77. The molecule has 0 saturated heterocycles. The predicted molar refractivity (Wildman–Crippen MR) is 66.4 cm³/mol. The normalized spacial score (nSPS) is 12.8. The van der Waals surface area contributed by atoms with Crippen LogP contribution in [-0.2, 0) is 0 Å². The summed E-state index contributed by atoms with van der Waals surface area (Å²) in [6.07, 6.45) is 0. The molecule has 4 nitrogen and oxygen atoms in total. The van der Waals surface area contributed by atoms with Crippen molar-refractivity contribution in [3.05, 3.63) is 39.9 Å². The molecule has 90 valence electrons. The highest BCUT2D eigenvalue weighted by Gasteiger charge is 2.15. The van der Waals surface area contributed by atoms with E-state index in [0.717, 1.165) is 10.2 Å². The van der Waals surface area contributed by atoms with Gasteiger partial charge in [0.1, 0.15) is 17.2 Å². The minimum atomic E-state index is -0.350. The molecule has 0 radical (unpaired) electrons. The van der Waals surface area contributed by atoms with E-state index in [2.05, 4.69) is 26.2 Å². The van der Waals surface area contributed by atoms with Gasteiger partial charge in [-0.15, -0.1) is 5.10 Å². The van der Waals surface area contributed by atoms with Gasteiger partial charge in [0.2, 0.25) is 0 Å². The van der Waals surface area contributed by atoms with Gasteiger partial charge < -0.3 is 5.73 Å². The molecule has 17 heavy (non-hydrogen) atoms. The summed E-state index contributed by atoms with van der Waals surface area (Å²) < 4.78 is 15.9. The third-order valence-corrected chi connectivity index (χ3v) is 2.99. The highest BCUT2D eigenvalue weighted by atomic mass is 79.9. The SMILES string of the molecule is Cc1c(C(C)N)nnn1-c1cc(Br)ccc1F. The van der Waals surface area contributed by atoms with Crippen molar-refractivity contribution in [1.29, 1.82) is 0 Å². The monoisotopic (exact) mass is 298 g/mol. The molecule has 0 aliphatic rings. The maximum absolute atomic E-state index is 13.7. The third-order valence-electron chi connectivity index (χ3n) is 2.50. The summed E-state index contributed by atoms with van der Waals surface area (Å²) in [7, 11) is 0. The second kappa shape index (κ2) is 4.54. The van der Waals surface area contributed by atoms with Crippen LogP contribution < -0.4 is 5.73 Å². The Morgan fingerprint density at radius 3 is 2.76 bits per heavy atom. The van der Waals surface area contributed by atoms with Gasteiger partial charge >= 0.3 is 0 Å². The van der Waals surface area contributed by atoms with E-state index in [1.54, 1.807) is 12.1 Å². The van der Waals surface area contributed by atoms with Crippen molar-refractivity contribution in [1.82, 2.24) is 15.0 Å². The van der Waals surface area contributed by atoms with Gasteiger partial charge in [0.15, 0.2) is 0 Å². The van der Waals surface area contributed by atoms with Gasteiger partial charge in [0.25, 0.3) is 0 Å². The zero-order valence-corrected chi connectivity index (χ0v) is 11.1. The van der Waals surface area contributed by atoms with E-state index in [1.807, 2.05) is 13.8 Å². The van der Waals surface area contributed by atoms with Crippen LogP contribution in [0.1, 0.15) is 24.4 Å². The van der Waals surface area contributed by atoms with E-state index in [4.69, 9.17) is 5.73 Å². The standard InChI is InChI=1S/C11H12BrFN4/c1-6(14)11-7(2)17(16-15-11)10-5-8(12)3-4-9(10)13/h3-6H,14H2,1-2H3. The van der Waals surface area contributed by atoms with Crippen molar-refractivity contribution in [2.75, 3.05) is 0 Å². The Bertz CT molecular complexity index is 550. The average molecular weight is 299 g/mol. The molecule has 2 N–H and O–H groups in total. The lowest BCUT2D eigenvalue weighted by Gasteiger charge is -2.06. The zero-order valence-electron chi connectivity index (χ0n) is 9.48. The second-order valence-electron chi connectivity index (χ2n) is 3.86. The Labute approximate surface area is 107 Å². The largest absolute Gasteiger partial charge is 0.323 e. The van der Waals surface area contributed by atoms with Gasteiger partial charge in [-0.25, -0.2) is 9.07 Å². The molecule has 2 aromatic rings. The molecule has 1 aromatic heterocycles. The molecular formula is C11H12BrFN4. The molecule has 0 aliphatic carbocycles. The molecule has 0 saturated carbocycles. The Balaban J connectivity index is 2.57. The first-order valence-electron chi connectivity index (χ1n) is 5.14. The number of hydrogen-bond donors (Lipinski definition) is 1. The molecule has 2 rings (SSSR count). The minimum Gasteiger partial charge on any atom is -0.323 e. The third kappa shape index (κ3) is 2.23. The molecule has 0 spiro atoms. The summed E-state index contributed by atoms with van der Waals surface area (Å²) in [5.74, 6) is -0.350. The van der Waals surface area contributed by atoms with Crippen LogP contribution in [-0.4, -0.2) is 15.0 Å². The van der Waals surface area contributed by atoms with Crippen LogP contribution >= 0.6 is 15.9 Å². The lowest BCUT2D eigenvalue weighted by atomic mass is 10.2. The first-order chi connectivity index (χ1) is 8.00. The van der Waals surface area contributed by atoms with Crippen LogP contribution in [0.2, 0.25) is 0 Å². The summed E-state index contributed by atoms with van der Waals surface area (Å²) in [5.41, 5.74) is 7.53. The van der Waals surface area contributed by atoms with E-state index >= 15 is 0 Å². The number of rotatable bonds is 2. The van der Waals surface area contributed by atoms with E-state index in [1.165, 1.54) is 10.7 Å². The van der Waals surface area contributed by atoms with Gasteiger partial charge in [-0.1, -0.05) is 21.1 Å². The van der Waals surface area contributed by atoms with Crippen LogP contribution in [0.15, 0.2) is 22.7 Å². The number of aromatic nitrogens is 3. The van der Waals surface area contributed by atoms with Crippen LogP contribution in [0.25, 0.3) is 5.69 Å². The van der Waals surface area contributed by atoms with Crippen molar-refractivity contribution in [2.24, 2.45) is 5.73 Å². The van der Waals surface area contributed by atoms with Crippen LogP contribution in [0.4, 0.5) is 4.39 Å². The van der Waals surface area contributed by atoms with Crippen molar-refractivity contribution in [3.63, 3.8) is 0 Å². The zero-order chi connectivity index (χ0) is 12.6. The van der Waals surface area contributed by atoms with Gasteiger partial charge in [-0.05, 0) is 32.0 Å². The van der Waals surface area contributed by atoms with Crippen molar-refractivity contribution in [3.8, 4) is 5.69 Å². The van der Waals surface area contributed by atoms with Gasteiger partial charge in [-0.3, -0.25) is 0 Å². The van der Waals surface area contributed by atoms with Crippen molar-refractivity contribution in [2.45, 2.75) is 19.9 Å². The van der Waals surface area contributed by atoms with E-state index in [-0.39, 0.29) is 11.9 Å². The van der Waals surface area contributed by atoms with Crippen LogP contribution in [0.5, 0.6) is 0 Å². The Kier molecular flexibility index (Phi) is 3.26. The van der Waals surface area contributed by atoms with E-state index in [9.17, 15) is 4.39 Å². The highest BCUT2D eigenvalue weighted by molar-refractivity contribution is 9.10. The fraction of sp³-hybridized carbons (Fsp3) is 0.273. The number of halogens is 2. The molecule has 0 bridgehead atoms. The van der Waals surface area contributed by atoms with Crippen molar-refractivity contribution < 1.29 is 4.39 Å². The van der Waals surface area contributed by atoms with E-state index < -0.39 is 0 Å². The maximum Gasteiger partial charge on any atom is 0.149 e. The molecule has 0 amide bonds. The summed E-state index contributed by atoms with van der Waals surface area (Å²) in [4.78, 5) is 0. The number of hydrogen-bond acceptors (Lipinski definition) is 3. The fourth-order valence-corrected chi connectivity index (χ4v) is 1.99. The molecule has 1 unspecified atom stereocenters. The van der Waals surface area contributed by atoms with Gasteiger partial charge in [0.05, 0.1) is 5.69 Å². The van der Waals surface area contributed by atoms with Crippen LogP contribution in [0, 0.1) is 12.7 Å². The Hall–Kier alpha value is -1.27. The van der Waals surface area contributed by atoms with Gasteiger partial charge in [0, 0.05) is 10.5 Å². The Morgan fingerprint density at radius 1 is 1.47 bits per heavy atom. The lowest BCUT2D eigenvalue weighted by Crippen LogP contribution is -2.08. The first kappa shape index (κ1) is 12.2. The first-order valence-corrected chi connectivity index (χ1v) is 5.93. The molecule has 1 aromatic carbocycles. The summed E-state index contributed by atoms with van der Waals surface area (Å²) >= 11 is 3.30. The smallest absolute Gasteiger partial charge is 0.149 e. The quantitative estimate of drug-likeness (QED) is 0.927. The number of nitrogens with zero attached hydrogens (tertiary/aromatic N) is 3. The van der Waals surface area contributed by atoms with Crippen LogP contribution in [0.3, 0.4) is 0 Å². The molecule has 0 fully saturated rings. The number of benzene rings is 1. The molecule has 1 heterocycles. The Morgan fingerprint density at radius 2 is 2.18 bits per heavy atom. The molecule has 6 heteroatoms. The fourth-order valence-electron chi connectivity index (χ4n) is 1.64. The molecule has 1 atom stereocenters. The lowest BCUT2D eigenvalue weighted by molar-refractivity contribution is 0.604.